The Balaban J connectivity index is 2.42. The third-order valence-electron chi connectivity index (χ3n) is 3.49. The van der Waals surface area contributed by atoms with Crippen molar-refractivity contribution in [2.45, 2.75) is 46.0 Å². The molecular formula is C11H16O. The summed E-state index contributed by atoms with van der Waals surface area (Å²) in [7, 11) is 0. The molecule has 2 rings (SSSR count). The molecule has 0 unspecified atom stereocenters. The Bertz CT molecular complexity index is 262. The van der Waals surface area contributed by atoms with Crippen molar-refractivity contribution >= 4 is 5.78 Å². The van der Waals surface area contributed by atoms with E-state index in [2.05, 4.69) is 13.8 Å². The summed E-state index contributed by atoms with van der Waals surface area (Å²) in [6.45, 7) is 4.39. The van der Waals surface area contributed by atoms with Crippen molar-refractivity contribution in [3.05, 3.63) is 11.1 Å². The number of Topliss-reactive ketones (excluding diaryl/α,β-unsaturated/α-hetero) is 1. The van der Waals surface area contributed by atoms with Crippen LogP contribution in [0, 0.1) is 5.41 Å². The van der Waals surface area contributed by atoms with Crippen molar-refractivity contribution in [2.24, 2.45) is 5.41 Å². The molecule has 0 aromatic rings. The van der Waals surface area contributed by atoms with E-state index in [4.69, 9.17) is 0 Å². The van der Waals surface area contributed by atoms with Gasteiger partial charge in [-0.3, -0.25) is 4.79 Å². The summed E-state index contributed by atoms with van der Waals surface area (Å²) in [6.07, 6.45) is 5.48. The molecule has 1 heteroatoms. The Labute approximate surface area is 73.8 Å². The van der Waals surface area contributed by atoms with Crippen LogP contribution >= 0.6 is 0 Å². The van der Waals surface area contributed by atoms with E-state index in [1.165, 1.54) is 24.0 Å². The molecule has 1 fully saturated rings. The SMILES string of the molecule is CC1=C2C(=O)CCC[C@@]2(C)CC1. The maximum Gasteiger partial charge on any atom is 0.159 e. The highest BCUT2D eigenvalue weighted by atomic mass is 16.1. The fourth-order valence-electron chi connectivity index (χ4n) is 2.82. The van der Waals surface area contributed by atoms with Gasteiger partial charge in [0.1, 0.15) is 0 Å². The molecule has 0 amide bonds. The molecule has 0 N–H and O–H groups in total. The predicted molar refractivity (Wildman–Crippen MR) is 48.9 cm³/mol. The number of ketones is 1. The van der Waals surface area contributed by atoms with Crippen molar-refractivity contribution in [1.82, 2.24) is 0 Å². The van der Waals surface area contributed by atoms with E-state index in [9.17, 15) is 4.79 Å². The number of hydrogen-bond acceptors (Lipinski definition) is 1. The molecule has 0 bridgehead atoms. The van der Waals surface area contributed by atoms with Crippen molar-refractivity contribution in [2.75, 3.05) is 0 Å². The van der Waals surface area contributed by atoms with Crippen LogP contribution in [0.1, 0.15) is 46.0 Å². The zero-order valence-electron chi connectivity index (χ0n) is 7.94. The number of carbonyl (C=O) groups is 1. The first-order valence-electron chi connectivity index (χ1n) is 4.87. The van der Waals surface area contributed by atoms with Gasteiger partial charge in [0.25, 0.3) is 0 Å². The summed E-state index contributed by atoms with van der Waals surface area (Å²) in [6, 6.07) is 0. The molecule has 2 aliphatic carbocycles. The van der Waals surface area contributed by atoms with Crippen molar-refractivity contribution < 1.29 is 4.79 Å². The summed E-state index contributed by atoms with van der Waals surface area (Å²) < 4.78 is 0. The van der Waals surface area contributed by atoms with Crippen LogP contribution in [0.5, 0.6) is 0 Å². The van der Waals surface area contributed by atoms with Crippen LogP contribution in [0.3, 0.4) is 0 Å². The van der Waals surface area contributed by atoms with Gasteiger partial charge in [0.2, 0.25) is 0 Å². The molecule has 0 spiro atoms. The molecular weight excluding hydrogens is 148 g/mol. The molecule has 0 aliphatic heterocycles. The highest BCUT2D eigenvalue weighted by molar-refractivity contribution is 5.98. The smallest absolute Gasteiger partial charge is 0.159 e. The average molecular weight is 164 g/mol. The lowest BCUT2D eigenvalue weighted by Crippen LogP contribution is -2.26. The fraction of sp³-hybridized carbons (Fsp3) is 0.727. The van der Waals surface area contributed by atoms with Crippen LogP contribution in [-0.4, -0.2) is 5.78 Å². The number of fused-ring (bicyclic) bond motifs is 1. The van der Waals surface area contributed by atoms with Crippen molar-refractivity contribution in [1.29, 1.82) is 0 Å². The van der Waals surface area contributed by atoms with Gasteiger partial charge in [-0.25, -0.2) is 0 Å². The molecule has 12 heavy (non-hydrogen) atoms. The largest absolute Gasteiger partial charge is 0.295 e. The molecule has 0 heterocycles. The van der Waals surface area contributed by atoms with Gasteiger partial charge in [0, 0.05) is 6.42 Å². The first kappa shape index (κ1) is 8.03. The van der Waals surface area contributed by atoms with E-state index in [1.807, 2.05) is 0 Å². The Kier molecular flexibility index (Phi) is 1.64. The highest BCUT2D eigenvalue weighted by Crippen LogP contribution is 2.49. The van der Waals surface area contributed by atoms with Gasteiger partial charge in [-0.1, -0.05) is 12.5 Å². The second-order valence-corrected chi connectivity index (χ2v) is 4.49. The molecule has 0 aromatic carbocycles. The third-order valence-corrected chi connectivity index (χ3v) is 3.49. The van der Waals surface area contributed by atoms with Gasteiger partial charge in [-0.15, -0.1) is 0 Å². The first-order chi connectivity index (χ1) is 5.63. The Morgan fingerprint density at radius 1 is 1.25 bits per heavy atom. The summed E-state index contributed by atoms with van der Waals surface area (Å²) in [4.78, 5) is 11.6. The van der Waals surface area contributed by atoms with Gasteiger partial charge in [-0.05, 0) is 43.6 Å². The number of hydrogen-bond donors (Lipinski definition) is 0. The Morgan fingerprint density at radius 2 is 2.00 bits per heavy atom. The third kappa shape index (κ3) is 0.954. The minimum atomic E-state index is 0.263. The topological polar surface area (TPSA) is 17.1 Å². The van der Waals surface area contributed by atoms with Gasteiger partial charge in [0.15, 0.2) is 5.78 Å². The van der Waals surface area contributed by atoms with E-state index in [0.717, 1.165) is 19.3 Å². The van der Waals surface area contributed by atoms with Crippen LogP contribution in [0.4, 0.5) is 0 Å². The van der Waals surface area contributed by atoms with Crippen LogP contribution < -0.4 is 0 Å². The lowest BCUT2D eigenvalue weighted by molar-refractivity contribution is -0.117. The molecule has 0 radical (unpaired) electrons. The van der Waals surface area contributed by atoms with Gasteiger partial charge < -0.3 is 0 Å². The number of allylic oxidation sites excluding steroid dienone is 2. The van der Waals surface area contributed by atoms with Gasteiger partial charge >= 0.3 is 0 Å². The average Bonchev–Trinajstić information content (AvgIpc) is 2.29. The Hall–Kier alpha value is -0.590. The quantitative estimate of drug-likeness (QED) is 0.538. The molecule has 1 saturated carbocycles. The normalized spacial score (nSPS) is 35.7. The molecule has 2 aliphatic rings. The van der Waals surface area contributed by atoms with Crippen LogP contribution in [0.25, 0.3) is 0 Å². The van der Waals surface area contributed by atoms with E-state index in [-0.39, 0.29) is 5.41 Å². The lowest BCUT2D eigenvalue weighted by Gasteiger charge is -2.31. The van der Waals surface area contributed by atoms with Crippen LogP contribution in [-0.2, 0) is 4.79 Å². The van der Waals surface area contributed by atoms with Gasteiger partial charge in [0.05, 0.1) is 0 Å². The van der Waals surface area contributed by atoms with E-state index >= 15 is 0 Å². The second kappa shape index (κ2) is 2.45. The second-order valence-electron chi connectivity index (χ2n) is 4.49. The minimum Gasteiger partial charge on any atom is -0.295 e. The standard InChI is InChI=1S/C11H16O/c1-8-5-7-11(2)6-3-4-9(12)10(8)11/h3-7H2,1-2H3/t11-/m0/s1. The summed E-state index contributed by atoms with van der Waals surface area (Å²) in [5.41, 5.74) is 2.82. The molecule has 66 valence electrons. The van der Waals surface area contributed by atoms with Crippen molar-refractivity contribution in [3.63, 3.8) is 0 Å². The zero-order chi connectivity index (χ0) is 8.77. The van der Waals surface area contributed by atoms with E-state index < -0.39 is 0 Å². The molecule has 1 nitrogen and oxygen atoms in total. The summed E-state index contributed by atoms with van der Waals surface area (Å²) in [5.74, 6) is 0.429. The summed E-state index contributed by atoms with van der Waals surface area (Å²) >= 11 is 0. The minimum absolute atomic E-state index is 0.263. The van der Waals surface area contributed by atoms with Gasteiger partial charge in [-0.2, -0.15) is 0 Å². The maximum atomic E-state index is 11.6. The summed E-state index contributed by atoms with van der Waals surface area (Å²) in [5, 5.41) is 0. The number of carbonyl (C=O) groups excluding carboxylic acids is 1. The van der Waals surface area contributed by atoms with Crippen LogP contribution in [0.15, 0.2) is 11.1 Å². The maximum absolute atomic E-state index is 11.6. The monoisotopic (exact) mass is 164 g/mol. The first-order valence-corrected chi connectivity index (χ1v) is 4.87. The van der Waals surface area contributed by atoms with Crippen LogP contribution in [0.2, 0.25) is 0 Å². The Morgan fingerprint density at radius 3 is 2.67 bits per heavy atom. The van der Waals surface area contributed by atoms with E-state index in [0.29, 0.717) is 5.78 Å². The van der Waals surface area contributed by atoms with Crippen molar-refractivity contribution in [3.8, 4) is 0 Å². The predicted octanol–water partition coefficient (Wildman–Crippen LogP) is 2.86. The zero-order valence-corrected chi connectivity index (χ0v) is 7.94. The van der Waals surface area contributed by atoms with E-state index in [1.54, 1.807) is 0 Å². The molecule has 0 saturated heterocycles. The lowest BCUT2D eigenvalue weighted by atomic mass is 9.72. The molecule has 0 aromatic heterocycles. The molecule has 1 atom stereocenters. The fourth-order valence-corrected chi connectivity index (χ4v) is 2.82. The number of rotatable bonds is 0. The highest BCUT2D eigenvalue weighted by Gasteiger charge is 2.40.